The molecule has 0 aromatic carbocycles. The van der Waals surface area contributed by atoms with E-state index in [-0.39, 0.29) is 13.2 Å². The van der Waals surface area contributed by atoms with Crippen LogP contribution in [0, 0.1) is 0 Å². The van der Waals surface area contributed by atoms with Crippen LogP contribution in [0.4, 0.5) is 5.95 Å². The molecule has 5 heteroatoms. The number of carbonyl (C=O) groups is 1. The summed E-state index contributed by atoms with van der Waals surface area (Å²) >= 11 is 0. The Labute approximate surface area is 113 Å². The third kappa shape index (κ3) is 3.40. The maximum Gasteiger partial charge on any atom is 0.356 e. The molecule has 1 heterocycles. The number of aromatic nitrogens is 2. The lowest BCUT2D eigenvalue weighted by molar-refractivity contribution is 0.0594. The van der Waals surface area contributed by atoms with Crippen molar-refractivity contribution in [3.8, 4) is 0 Å². The van der Waals surface area contributed by atoms with Gasteiger partial charge in [0.2, 0.25) is 5.95 Å². The zero-order valence-electron chi connectivity index (χ0n) is 11.1. The van der Waals surface area contributed by atoms with Crippen molar-refractivity contribution in [3.05, 3.63) is 41.8 Å². The summed E-state index contributed by atoms with van der Waals surface area (Å²) in [6, 6.07) is 1.63. The Bertz CT molecular complexity index is 529. The molecule has 5 nitrogen and oxygen atoms in total. The summed E-state index contributed by atoms with van der Waals surface area (Å²) in [4.78, 5) is 19.6. The van der Waals surface area contributed by atoms with E-state index in [4.69, 9.17) is 0 Å². The second-order valence-electron chi connectivity index (χ2n) is 4.31. The van der Waals surface area contributed by atoms with Crippen LogP contribution in [0.3, 0.4) is 0 Å². The van der Waals surface area contributed by atoms with Crippen molar-refractivity contribution in [3.63, 3.8) is 0 Å². The van der Waals surface area contributed by atoms with Gasteiger partial charge in [0.05, 0.1) is 13.2 Å². The predicted molar refractivity (Wildman–Crippen MR) is 75.0 cm³/mol. The number of anilines is 1. The van der Waals surface area contributed by atoms with Gasteiger partial charge in [-0.15, -0.1) is 0 Å². The van der Waals surface area contributed by atoms with Gasteiger partial charge in [0.15, 0.2) is 5.69 Å². The van der Waals surface area contributed by atoms with Gasteiger partial charge < -0.3 is 10.1 Å². The zero-order chi connectivity index (χ0) is 13.7. The largest absolute Gasteiger partial charge is 0.464 e. The third-order valence-corrected chi connectivity index (χ3v) is 2.92. The lowest BCUT2D eigenvalue weighted by atomic mass is 10.0. The number of nitrogens with one attached hydrogen (secondary N) is 1. The Kier molecular flexibility index (Phi) is 4.28. The molecule has 1 aliphatic rings. The molecule has 0 saturated carbocycles. The van der Waals surface area contributed by atoms with Crippen molar-refractivity contribution < 1.29 is 11.0 Å². The van der Waals surface area contributed by atoms with Gasteiger partial charge in [-0.25, -0.2) is 14.8 Å². The molecule has 0 aliphatic heterocycles. The molecule has 1 aromatic heterocycles. The molecule has 0 saturated heterocycles. The monoisotopic (exact) mass is 261 g/mol. The minimum Gasteiger partial charge on any atom is -0.464 e. The number of ether oxygens (including phenoxy) is 1. The van der Waals surface area contributed by atoms with Crippen molar-refractivity contribution >= 4 is 11.9 Å². The highest BCUT2D eigenvalue weighted by atomic mass is 16.5. The molecule has 1 atom stereocenters. The number of esters is 1. The number of methoxy groups -OCH3 is 1. The molecule has 1 aliphatic carbocycles. The van der Waals surface area contributed by atoms with E-state index in [9.17, 15) is 4.79 Å². The van der Waals surface area contributed by atoms with Gasteiger partial charge in [-0.05, 0) is 31.4 Å². The molecule has 0 bridgehead atoms. The van der Waals surface area contributed by atoms with Crippen LogP contribution in [0.15, 0.2) is 36.1 Å². The lowest BCUT2D eigenvalue weighted by Crippen LogP contribution is -2.20. The Morgan fingerprint density at radius 2 is 2.37 bits per heavy atom. The van der Waals surface area contributed by atoms with Gasteiger partial charge in [0.1, 0.15) is 0 Å². The fraction of sp³-hybridized carbons (Fsp3) is 0.357. The Hall–Kier alpha value is -2.17. The van der Waals surface area contributed by atoms with E-state index in [1.807, 2.05) is 6.92 Å². The summed E-state index contributed by atoms with van der Waals surface area (Å²) in [5.74, 6) is -0.0369. The Morgan fingerprint density at radius 3 is 3.05 bits per heavy atom. The second kappa shape index (κ2) is 6.13. The Morgan fingerprint density at radius 1 is 1.53 bits per heavy atom. The van der Waals surface area contributed by atoms with Crippen LogP contribution in [-0.4, -0.2) is 29.1 Å². The fourth-order valence-corrected chi connectivity index (χ4v) is 1.88. The summed E-state index contributed by atoms with van der Waals surface area (Å²) in [5, 5.41) is 3.18. The topological polar surface area (TPSA) is 64.1 Å². The van der Waals surface area contributed by atoms with Crippen LogP contribution in [-0.2, 0) is 4.74 Å². The minimum atomic E-state index is -0.463. The average Bonchev–Trinajstić information content (AvgIpc) is 2.47. The van der Waals surface area contributed by atoms with Crippen LogP contribution < -0.4 is 5.32 Å². The van der Waals surface area contributed by atoms with E-state index in [1.54, 1.807) is 6.20 Å². The highest BCUT2D eigenvalue weighted by Crippen LogP contribution is 2.15. The van der Waals surface area contributed by atoms with Crippen LogP contribution >= 0.6 is 0 Å². The molecule has 1 N–H and O–H groups in total. The molecule has 0 unspecified atom stereocenters. The van der Waals surface area contributed by atoms with Crippen molar-refractivity contribution in [1.29, 1.82) is 0 Å². The number of hydrogen-bond donors (Lipinski definition) is 1. The number of rotatable bonds is 4. The van der Waals surface area contributed by atoms with Crippen LogP contribution in [0.5, 0.6) is 0 Å². The summed E-state index contributed by atoms with van der Waals surface area (Å²) in [6.45, 7) is 2.04. The molecule has 0 fully saturated rings. The molecule has 1 aromatic rings. The van der Waals surface area contributed by atoms with E-state index >= 15 is 0 Å². The fourth-order valence-electron chi connectivity index (χ4n) is 1.88. The SMILES string of the molecule is COC(=O)c1ccnc(N[C@@H](C)C2=CCCC=C2)n1.[HH]. The van der Waals surface area contributed by atoms with E-state index in [1.165, 1.54) is 18.7 Å². The zero-order valence-corrected chi connectivity index (χ0v) is 11.1. The van der Waals surface area contributed by atoms with Crippen LogP contribution in [0.2, 0.25) is 0 Å². The highest BCUT2D eigenvalue weighted by molar-refractivity contribution is 5.87. The van der Waals surface area contributed by atoms with Gasteiger partial charge in [-0.2, -0.15) is 0 Å². The minimum absolute atomic E-state index is 0. The third-order valence-electron chi connectivity index (χ3n) is 2.92. The van der Waals surface area contributed by atoms with Crippen molar-refractivity contribution in [1.82, 2.24) is 9.97 Å². The number of carbonyl (C=O) groups excluding carboxylic acids is 1. The van der Waals surface area contributed by atoms with E-state index in [2.05, 4.69) is 38.2 Å². The molecular weight excluding hydrogens is 242 g/mol. The molecule has 0 spiro atoms. The van der Waals surface area contributed by atoms with E-state index in [0.717, 1.165) is 12.8 Å². The first-order valence-corrected chi connectivity index (χ1v) is 6.25. The average molecular weight is 261 g/mol. The first-order chi connectivity index (χ1) is 9.20. The smallest absolute Gasteiger partial charge is 0.356 e. The van der Waals surface area contributed by atoms with Crippen molar-refractivity contribution in [2.24, 2.45) is 0 Å². The summed E-state index contributed by atoms with van der Waals surface area (Å²) in [7, 11) is 1.33. The van der Waals surface area contributed by atoms with Crippen molar-refractivity contribution in [2.75, 3.05) is 12.4 Å². The second-order valence-corrected chi connectivity index (χ2v) is 4.31. The normalized spacial score (nSPS) is 15.6. The predicted octanol–water partition coefficient (Wildman–Crippen LogP) is 2.59. The Balaban J connectivity index is 0.00000200. The molecule has 2 rings (SSSR count). The summed E-state index contributed by atoms with van der Waals surface area (Å²) in [5.41, 5.74) is 1.46. The van der Waals surface area contributed by atoms with E-state index in [0.29, 0.717) is 5.95 Å². The van der Waals surface area contributed by atoms with Gasteiger partial charge in [-0.1, -0.05) is 18.2 Å². The summed E-state index contributed by atoms with van der Waals surface area (Å²) in [6.07, 6.45) is 10.1. The van der Waals surface area contributed by atoms with Gasteiger partial charge in [-0.3, -0.25) is 0 Å². The molecular formula is C14H19N3O2. The van der Waals surface area contributed by atoms with Gasteiger partial charge in [0.25, 0.3) is 0 Å². The highest BCUT2D eigenvalue weighted by Gasteiger charge is 2.12. The van der Waals surface area contributed by atoms with Crippen LogP contribution in [0.1, 0.15) is 31.7 Å². The number of hydrogen-bond acceptors (Lipinski definition) is 5. The molecule has 0 radical (unpaired) electrons. The number of allylic oxidation sites excluding steroid dienone is 2. The van der Waals surface area contributed by atoms with Gasteiger partial charge in [0, 0.05) is 7.62 Å². The standard InChI is InChI=1S/C14H17N3O2.H2/c1-10(11-6-4-3-5-7-11)16-14-15-9-8-12(17-14)13(18)19-2;/h4,6-10H,3,5H2,1-2H3,(H,15,16,17);1H/t10-;/m0./s1. The summed E-state index contributed by atoms with van der Waals surface area (Å²) < 4.78 is 4.63. The van der Waals surface area contributed by atoms with Crippen molar-refractivity contribution in [2.45, 2.75) is 25.8 Å². The van der Waals surface area contributed by atoms with Gasteiger partial charge >= 0.3 is 5.97 Å². The van der Waals surface area contributed by atoms with Crippen LogP contribution in [0.25, 0.3) is 0 Å². The molecule has 0 amide bonds. The maximum absolute atomic E-state index is 11.4. The lowest BCUT2D eigenvalue weighted by Gasteiger charge is -2.17. The quantitative estimate of drug-likeness (QED) is 0.844. The maximum atomic E-state index is 11.4. The van der Waals surface area contributed by atoms with E-state index < -0.39 is 5.97 Å². The first kappa shape index (κ1) is 13.3. The number of nitrogens with zero attached hydrogens (tertiary/aromatic N) is 2. The first-order valence-electron chi connectivity index (χ1n) is 6.25. The molecule has 19 heavy (non-hydrogen) atoms. The molecule has 102 valence electrons.